The van der Waals surface area contributed by atoms with Gasteiger partial charge in [-0.1, -0.05) is 54.6 Å². The lowest BCUT2D eigenvalue weighted by atomic mass is 9.93. The molecule has 1 atom stereocenters. The summed E-state index contributed by atoms with van der Waals surface area (Å²) in [7, 11) is 0. The molecule has 0 radical (unpaired) electrons. The quantitative estimate of drug-likeness (QED) is 0.444. The maximum Gasteiger partial charge on any atom is 0.290 e. The van der Waals surface area contributed by atoms with Crippen LogP contribution in [0.1, 0.15) is 27.2 Å². The van der Waals surface area contributed by atoms with Crippen LogP contribution in [0, 0.1) is 0 Å². The molecular formula is C28H24N2O4. The van der Waals surface area contributed by atoms with Crippen molar-refractivity contribution in [3.63, 3.8) is 0 Å². The lowest BCUT2D eigenvalue weighted by Gasteiger charge is -2.35. The van der Waals surface area contributed by atoms with Crippen molar-refractivity contribution in [1.82, 2.24) is 4.90 Å². The molecule has 1 unspecified atom stereocenters. The van der Waals surface area contributed by atoms with Crippen molar-refractivity contribution in [2.45, 2.75) is 25.6 Å². The van der Waals surface area contributed by atoms with Gasteiger partial charge in [-0.2, -0.15) is 0 Å². The number of benzene rings is 3. The Morgan fingerprint density at radius 3 is 2.35 bits per heavy atom. The fourth-order valence-corrected chi connectivity index (χ4v) is 4.11. The predicted molar refractivity (Wildman–Crippen MR) is 128 cm³/mol. The van der Waals surface area contributed by atoms with E-state index < -0.39 is 6.04 Å². The van der Waals surface area contributed by atoms with E-state index >= 15 is 0 Å². The van der Waals surface area contributed by atoms with Crippen LogP contribution >= 0.6 is 0 Å². The van der Waals surface area contributed by atoms with Crippen LogP contribution in [0.2, 0.25) is 0 Å². The van der Waals surface area contributed by atoms with E-state index in [1.807, 2.05) is 66.7 Å². The Morgan fingerprint density at radius 1 is 0.882 bits per heavy atom. The number of furan rings is 1. The molecule has 34 heavy (non-hydrogen) atoms. The summed E-state index contributed by atoms with van der Waals surface area (Å²) < 4.78 is 11.1. The first-order valence-electron chi connectivity index (χ1n) is 11.2. The van der Waals surface area contributed by atoms with Crippen LogP contribution < -0.4 is 10.1 Å². The molecule has 1 aliphatic rings. The molecule has 0 aliphatic carbocycles. The summed E-state index contributed by atoms with van der Waals surface area (Å²) in [4.78, 5) is 28.0. The summed E-state index contributed by atoms with van der Waals surface area (Å²) in [5.74, 6) is 0.386. The van der Waals surface area contributed by atoms with Crippen LogP contribution in [0.15, 0.2) is 102 Å². The Labute approximate surface area is 197 Å². The topological polar surface area (TPSA) is 71.8 Å². The average molecular weight is 453 g/mol. The number of carbonyl (C=O) groups is 2. The van der Waals surface area contributed by atoms with Gasteiger partial charge in [-0.15, -0.1) is 0 Å². The van der Waals surface area contributed by atoms with E-state index in [2.05, 4.69) is 5.32 Å². The van der Waals surface area contributed by atoms with Crippen molar-refractivity contribution in [3.8, 4) is 5.75 Å². The molecule has 0 saturated heterocycles. The van der Waals surface area contributed by atoms with Gasteiger partial charge in [-0.3, -0.25) is 9.59 Å². The first-order valence-corrected chi connectivity index (χ1v) is 11.2. The second-order valence-electron chi connectivity index (χ2n) is 8.19. The maximum atomic E-state index is 13.3. The van der Waals surface area contributed by atoms with Crippen molar-refractivity contribution in [2.24, 2.45) is 0 Å². The van der Waals surface area contributed by atoms with Gasteiger partial charge in [0.15, 0.2) is 5.76 Å². The Balaban J connectivity index is 1.29. The number of nitrogens with one attached hydrogen (secondary N) is 1. The first-order chi connectivity index (χ1) is 16.7. The molecular weight excluding hydrogens is 428 g/mol. The number of anilines is 1. The molecule has 6 heteroatoms. The second-order valence-corrected chi connectivity index (χ2v) is 8.19. The Bertz CT molecular complexity index is 1270. The van der Waals surface area contributed by atoms with Gasteiger partial charge in [-0.25, -0.2) is 0 Å². The summed E-state index contributed by atoms with van der Waals surface area (Å²) >= 11 is 0. The Kier molecular flexibility index (Phi) is 6.12. The molecule has 6 nitrogen and oxygen atoms in total. The van der Waals surface area contributed by atoms with Crippen molar-refractivity contribution < 1.29 is 18.7 Å². The fraction of sp³-hybridized carbons (Fsp3) is 0.143. The molecule has 2 amide bonds. The number of hydrogen-bond acceptors (Lipinski definition) is 4. The first kappa shape index (κ1) is 21.5. The van der Waals surface area contributed by atoms with E-state index in [-0.39, 0.29) is 17.6 Å². The SMILES string of the molecule is O=C(Nc1ccc(OCc2ccccc2)cc1)C1Cc2ccccc2CN1C(=O)c1ccco1. The summed E-state index contributed by atoms with van der Waals surface area (Å²) in [5.41, 5.74) is 3.82. The Hall–Kier alpha value is -4.32. The smallest absolute Gasteiger partial charge is 0.290 e. The molecule has 1 aliphatic heterocycles. The molecule has 2 heterocycles. The number of amides is 2. The van der Waals surface area contributed by atoms with Crippen molar-refractivity contribution in [3.05, 3.63) is 120 Å². The summed E-state index contributed by atoms with van der Waals surface area (Å²) in [6.45, 7) is 0.817. The molecule has 0 saturated carbocycles. The molecule has 170 valence electrons. The van der Waals surface area contributed by atoms with Gasteiger partial charge in [0.2, 0.25) is 5.91 Å². The lowest BCUT2D eigenvalue weighted by Crippen LogP contribution is -2.50. The van der Waals surface area contributed by atoms with E-state index in [0.717, 1.165) is 16.7 Å². The highest BCUT2D eigenvalue weighted by Gasteiger charge is 2.36. The van der Waals surface area contributed by atoms with E-state index in [0.29, 0.717) is 31.0 Å². The number of hydrogen-bond donors (Lipinski definition) is 1. The molecule has 3 aromatic carbocycles. The van der Waals surface area contributed by atoms with E-state index in [1.165, 1.54) is 6.26 Å². The molecule has 0 fully saturated rings. The van der Waals surface area contributed by atoms with Crippen molar-refractivity contribution in [2.75, 3.05) is 5.32 Å². The molecule has 4 aromatic rings. The second kappa shape index (κ2) is 9.67. The maximum absolute atomic E-state index is 13.3. The van der Waals surface area contributed by atoms with Crippen molar-refractivity contribution >= 4 is 17.5 Å². The minimum absolute atomic E-state index is 0.220. The van der Waals surface area contributed by atoms with Gasteiger partial charge in [0.1, 0.15) is 18.4 Å². The van der Waals surface area contributed by atoms with Crippen LogP contribution in [0.5, 0.6) is 5.75 Å². The largest absolute Gasteiger partial charge is 0.489 e. The number of fused-ring (bicyclic) bond motifs is 1. The van der Waals surface area contributed by atoms with Gasteiger partial charge in [0, 0.05) is 18.7 Å². The fourth-order valence-electron chi connectivity index (χ4n) is 4.11. The van der Waals surface area contributed by atoms with Gasteiger partial charge < -0.3 is 19.4 Å². The zero-order valence-corrected chi connectivity index (χ0v) is 18.5. The molecule has 0 spiro atoms. The summed E-state index contributed by atoms with van der Waals surface area (Å²) in [5, 5.41) is 2.95. The monoisotopic (exact) mass is 452 g/mol. The molecule has 1 aromatic heterocycles. The molecule has 1 N–H and O–H groups in total. The van der Waals surface area contributed by atoms with Gasteiger partial charge in [0.05, 0.1) is 6.26 Å². The highest BCUT2D eigenvalue weighted by Crippen LogP contribution is 2.26. The van der Waals surface area contributed by atoms with Crippen molar-refractivity contribution in [1.29, 1.82) is 0 Å². The zero-order chi connectivity index (χ0) is 23.3. The number of rotatable bonds is 6. The highest BCUT2D eigenvalue weighted by atomic mass is 16.5. The molecule has 5 rings (SSSR count). The van der Waals surface area contributed by atoms with Gasteiger partial charge in [0.25, 0.3) is 5.91 Å². The summed E-state index contributed by atoms with van der Waals surface area (Å²) in [6, 6.07) is 27.7. The molecule has 0 bridgehead atoms. The number of carbonyl (C=O) groups excluding carboxylic acids is 2. The average Bonchev–Trinajstić information content (AvgIpc) is 3.43. The third kappa shape index (κ3) is 4.71. The third-order valence-corrected chi connectivity index (χ3v) is 5.91. The minimum Gasteiger partial charge on any atom is -0.489 e. The van der Waals surface area contributed by atoms with Crippen LogP contribution in [0.3, 0.4) is 0 Å². The normalized spacial score (nSPS) is 14.8. The van der Waals surface area contributed by atoms with Gasteiger partial charge >= 0.3 is 0 Å². The van der Waals surface area contributed by atoms with E-state index in [1.54, 1.807) is 29.2 Å². The van der Waals surface area contributed by atoms with Crippen LogP contribution in [0.4, 0.5) is 5.69 Å². The van der Waals surface area contributed by atoms with Crippen LogP contribution in [0.25, 0.3) is 0 Å². The Morgan fingerprint density at radius 2 is 1.62 bits per heavy atom. The van der Waals surface area contributed by atoms with E-state index in [9.17, 15) is 9.59 Å². The summed E-state index contributed by atoms with van der Waals surface area (Å²) in [6.07, 6.45) is 1.90. The van der Waals surface area contributed by atoms with Gasteiger partial charge in [-0.05, 0) is 53.1 Å². The highest BCUT2D eigenvalue weighted by molar-refractivity contribution is 6.00. The van der Waals surface area contributed by atoms with Crippen LogP contribution in [-0.2, 0) is 24.4 Å². The van der Waals surface area contributed by atoms with E-state index in [4.69, 9.17) is 9.15 Å². The third-order valence-electron chi connectivity index (χ3n) is 5.91. The minimum atomic E-state index is -0.651. The lowest BCUT2D eigenvalue weighted by molar-refractivity contribution is -0.121. The predicted octanol–water partition coefficient (Wildman–Crippen LogP) is 5.06. The zero-order valence-electron chi connectivity index (χ0n) is 18.5. The number of nitrogens with zero attached hydrogens (tertiary/aromatic N) is 1. The standard InChI is InChI=1S/C28H24N2O4/c31-27(29-23-12-14-24(15-13-23)34-19-20-7-2-1-3-8-20)25-17-21-9-4-5-10-22(21)18-30(25)28(32)26-11-6-16-33-26/h1-16,25H,17-19H2,(H,29,31). The van der Waals surface area contributed by atoms with Crippen LogP contribution in [-0.4, -0.2) is 22.8 Å². The number of ether oxygens (including phenoxy) is 1.